The normalized spacial score (nSPS) is 11.9. The van der Waals surface area contributed by atoms with Crippen molar-refractivity contribution in [1.29, 1.82) is 0 Å². The van der Waals surface area contributed by atoms with E-state index in [1.165, 1.54) is 38.5 Å². The van der Waals surface area contributed by atoms with E-state index < -0.39 is 23.9 Å². The molecule has 7 nitrogen and oxygen atoms in total. The zero-order valence-corrected chi connectivity index (χ0v) is 14.6. The molecule has 0 aromatic heterocycles. The van der Waals surface area contributed by atoms with Crippen LogP contribution in [0.15, 0.2) is 0 Å². The van der Waals surface area contributed by atoms with E-state index in [1.807, 2.05) is 0 Å². The molecule has 0 aliphatic rings. The van der Waals surface area contributed by atoms with Gasteiger partial charge in [-0.05, 0) is 12.8 Å². The summed E-state index contributed by atoms with van der Waals surface area (Å²) in [5, 5.41) is 17.4. The van der Waals surface area contributed by atoms with Crippen LogP contribution in [0.5, 0.6) is 0 Å². The molecule has 0 fully saturated rings. The Morgan fingerprint density at radius 3 is 1.92 bits per heavy atom. The Kier molecular flexibility index (Phi) is 13.9. The molecule has 3 N–H and O–H groups in total. The molecule has 0 saturated heterocycles. The van der Waals surface area contributed by atoms with Crippen molar-refractivity contribution in [2.24, 2.45) is 0 Å². The predicted molar refractivity (Wildman–Crippen MR) is 89.4 cm³/mol. The Morgan fingerprint density at radius 2 is 1.42 bits per heavy atom. The molecule has 0 radical (unpaired) electrons. The lowest BCUT2D eigenvalue weighted by molar-refractivity contribution is -0.158. The van der Waals surface area contributed by atoms with Gasteiger partial charge in [0.05, 0.1) is 0 Å². The number of carbonyl (C=O) groups excluding carboxylic acids is 1. The molecule has 0 aliphatic heterocycles. The molecule has 0 amide bonds. The largest absolute Gasteiger partial charge is 0.481 e. The second-order valence-electron chi connectivity index (χ2n) is 5.99. The molecule has 0 bridgehead atoms. The van der Waals surface area contributed by atoms with Crippen molar-refractivity contribution < 1.29 is 29.4 Å². The summed E-state index contributed by atoms with van der Waals surface area (Å²) < 4.78 is 0. The highest BCUT2D eigenvalue weighted by Gasteiger charge is 2.20. The van der Waals surface area contributed by atoms with Gasteiger partial charge < -0.3 is 15.1 Å². The van der Waals surface area contributed by atoms with Crippen molar-refractivity contribution in [3.8, 4) is 0 Å². The monoisotopic (exact) mass is 345 g/mol. The minimum absolute atomic E-state index is 0.143. The van der Waals surface area contributed by atoms with E-state index in [2.05, 4.69) is 12.4 Å². The number of unbranched alkanes of at least 4 members (excludes halogenated alkanes) is 8. The quantitative estimate of drug-likeness (QED) is 0.290. The molecule has 0 saturated carbocycles. The van der Waals surface area contributed by atoms with E-state index in [-0.39, 0.29) is 19.3 Å². The average Bonchev–Trinajstić information content (AvgIpc) is 2.52. The summed E-state index contributed by atoms with van der Waals surface area (Å²) in [6.07, 6.45) is 10.0. The molecule has 0 rings (SSSR count). The molecule has 140 valence electrons. The number of hydrogen-bond acceptors (Lipinski definition) is 5. The second-order valence-corrected chi connectivity index (χ2v) is 5.99. The van der Waals surface area contributed by atoms with Crippen molar-refractivity contribution in [2.75, 3.05) is 0 Å². The van der Waals surface area contributed by atoms with Crippen LogP contribution in [0.4, 0.5) is 0 Å². The van der Waals surface area contributed by atoms with E-state index in [0.29, 0.717) is 6.42 Å². The van der Waals surface area contributed by atoms with Gasteiger partial charge in [-0.15, -0.1) is 5.48 Å². The summed E-state index contributed by atoms with van der Waals surface area (Å²) >= 11 is 0. The van der Waals surface area contributed by atoms with Crippen LogP contribution in [0.2, 0.25) is 0 Å². The average molecular weight is 345 g/mol. The second kappa shape index (κ2) is 14.9. The Balaban J connectivity index is 3.63. The standard InChI is InChI=1S/C17H31NO6/c1-2-3-4-5-6-7-8-9-10-11-16(21)24-18-14(17(22)23)12-13-15(19)20/h14,18H,2-13H2,1H3,(H,19,20)(H,22,23)/t14-/m0/s1. The number of carbonyl (C=O) groups is 3. The molecule has 7 heteroatoms. The van der Waals surface area contributed by atoms with E-state index in [1.54, 1.807) is 0 Å². The van der Waals surface area contributed by atoms with E-state index >= 15 is 0 Å². The minimum atomic E-state index is -1.24. The van der Waals surface area contributed by atoms with Gasteiger partial charge in [-0.3, -0.25) is 14.4 Å². The number of hydroxylamine groups is 1. The zero-order chi connectivity index (χ0) is 18.2. The topological polar surface area (TPSA) is 113 Å². The lowest BCUT2D eigenvalue weighted by atomic mass is 10.1. The summed E-state index contributed by atoms with van der Waals surface area (Å²) in [5.74, 6) is -2.85. The number of hydrogen-bond donors (Lipinski definition) is 3. The fraction of sp³-hybridized carbons (Fsp3) is 0.824. The molecule has 0 heterocycles. The van der Waals surface area contributed by atoms with Crippen LogP contribution < -0.4 is 5.48 Å². The van der Waals surface area contributed by atoms with Gasteiger partial charge in [0.1, 0.15) is 6.04 Å². The van der Waals surface area contributed by atoms with Gasteiger partial charge in [-0.25, -0.2) is 0 Å². The summed E-state index contributed by atoms with van der Waals surface area (Å²) in [5.41, 5.74) is 2.14. The summed E-state index contributed by atoms with van der Waals surface area (Å²) in [6.45, 7) is 2.19. The van der Waals surface area contributed by atoms with Gasteiger partial charge in [-0.2, -0.15) is 0 Å². The van der Waals surface area contributed by atoms with Crippen molar-refractivity contribution in [3.05, 3.63) is 0 Å². The van der Waals surface area contributed by atoms with Gasteiger partial charge in [0.2, 0.25) is 0 Å². The first-order chi connectivity index (χ1) is 11.5. The first kappa shape index (κ1) is 22.4. The molecule has 0 unspecified atom stereocenters. The maximum absolute atomic E-state index is 11.5. The SMILES string of the molecule is CCCCCCCCCCCC(=O)ON[C@@H](CCC(=O)O)C(=O)O. The zero-order valence-electron chi connectivity index (χ0n) is 14.6. The number of rotatable bonds is 16. The van der Waals surface area contributed by atoms with Crippen LogP contribution in [0.3, 0.4) is 0 Å². The van der Waals surface area contributed by atoms with Crippen LogP contribution in [-0.4, -0.2) is 34.2 Å². The maximum atomic E-state index is 11.5. The van der Waals surface area contributed by atoms with Gasteiger partial charge >= 0.3 is 17.9 Å². The number of carboxylic acids is 2. The molecular weight excluding hydrogens is 314 g/mol. The smallest absolute Gasteiger partial charge is 0.324 e. The highest BCUT2D eigenvalue weighted by Crippen LogP contribution is 2.10. The lowest BCUT2D eigenvalue weighted by Crippen LogP contribution is -2.38. The van der Waals surface area contributed by atoms with Crippen molar-refractivity contribution in [2.45, 2.75) is 90.0 Å². The summed E-state index contributed by atoms with van der Waals surface area (Å²) in [4.78, 5) is 37.6. The van der Waals surface area contributed by atoms with Crippen LogP contribution in [0, 0.1) is 0 Å². The Bertz CT molecular complexity index is 372. The first-order valence-corrected chi connectivity index (χ1v) is 8.87. The minimum Gasteiger partial charge on any atom is -0.481 e. The molecule has 0 aliphatic carbocycles. The predicted octanol–water partition coefficient (Wildman–Crippen LogP) is 3.27. The van der Waals surface area contributed by atoms with E-state index in [4.69, 9.17) is 15.1 Å². The lowest BCUT2D eigenvalue weighted by Gasteiger charge is -2.12. The summed E-state index contributed by atoms with van der Waals surface area (Å²) in [6, 6.07) is -1.20. The molecular formula is C17H31NO6. The van der Waals surface area contributed by atoms with Crippen molar-refractivity contribution in [3.63, 3.8) is 0 Å². The Morgan fingerprint density at radius 1 is 0.875 bits per heavy atom. The fourth-order valence-corrected chi connectivity index (χ4v) is 2.27. The molecule has 24 heavy (non-hydrogen) atoms. The van der Waals surface area contributed by atoms with Gasteiger partial charge in [0.15, 0.2) is 0 Å². The summed E-state index contributed by atoms with van der Waals surface area (Å²) in [7, 11) is 0. The fourth-order valence-electron chi connectivity index (χ4n) is 2.27. The van der Waals surface area contributed by atoms with Crippen LogP contribution in [0.25, 0.3) is 0 Å². The van der Waals surface area contributed by atoms with Crippen LogP contribution in [-0.2, 0) is 19.2 Å². The highest BCUT2D eigenvalue weighted by molar-refractivity contribution is 5.75. The molecule has 1 atom stereocenters. The Labute approximate surface area is 143 Å². The van der Waals surface area contributed by atoms with Gasteiger partial charge in [-0.1, -0.05) is 58.3 Å². The first-order valence-electron chi connectivity index (χ1n) is 8.87. The third-order valence-corrected chi connectivity index (χ3v) is 3.74. The van der Waals surface area contributed by atoms with E-state index in [0.717, 1.165) is 12.8 Å². The van der Waals surface area contributed by atoms with Crippen molar-refractivity contribution >= 4 is 17.9 Å². The van der Waals surface area contributed by atoms with Crippen molar-refractivity contribution in [1.82, 2.24) is 5.48 Å². The number of nitrogens with one attached hydrogen (secondary N) is 1. The third kappa shape index (κ3) is 14.0. The van der Waals surface area contributed by atoms with Gasteiger partial charge in [0.25, 0.3) is 0 Å². The number of carboxylic acid groups (broad SMARTS) is 2. The number of aliphatic carboxylic acids is 2. The molecule has 0 aromatic rings. The van der Waals surface area contributed by atoms with E-state index in [9.17, 15) is 14.4 Å². The Hall–Kier alpha value is -1.63. The molecule has 0 aromatic carbocycles. The maximum Gasteiger partial charge on any atom is 0.324 e. The highest BCUT2D eigenvalue weighted by atomic mass is 16.7. The van der Waals surface area contributed by atoms with Crippen LogP contribution in [0.1, 0.15) is 84.0 Å². The van der Waals surface area contributed by atoms with Gasteiger partial charge in [0, 0.05) is 12.8 Å². The van der Waals surface area contributed by atoms with Crippen LogP contribution >= 0.6 is 0 Å². The third-order valence-electron chi connectivity index (χ3n) is 3.74. The molecule has 0 spiro atoms.